The number of hydrogen-bond acceptors (Lipinski definition) is 3. The molecule has 2 aromatic rings. The van der Waals surface area contributed by atoms with Crippen LogP contribution in [-0.4, -0.2) is 57.7 Å². The van der Waals surface area contributed by atoms with E-state index in [1.165, 1.54) is 43.1 Å². The minimum atomic E-state index is 0. The van der Waals surface area contributed by atoms with E-state index in [1.54, 1.807) is 0 Å². The van der Waals surface area contributed by atoms with Crippen LogP contribution in [-0.2, 0) is 0 Å². The molecule has 5 nitrogen and oxygen atoms in total. The van der Waals surface area contributed by atoms with Crippen LogP contribution < -0.4 is 15.4 Å². The van der Waals surface area contributed by atoms with Crippen LogP contribution in [0.4, 0.5) is 0 Å². The predicted octanol–water partition coefficient (Wildman–Crippen LogP) is 4.12. The number of nitrogens with zero attached hydrogens (tertiary/aromatic N) is 2. The Morgan fingerprint density at radius 3 is 2.55 bits per heavy atom. The third-order valence-corrected chi connectivity index (χ3v) is 5.51. The SMILES string of the molecule is CN=C(NCCCOc1ccc2ccccc2c1)NCCC1CCN(C)CC1.I. The molecule has 1 aliphatic heterocycles. The zero-order valence-corrected chi connectivity index (χ0v) is 20.0. The van der Waals surface area contributed by atoms with Crippen LogP contribution in [0, 0.1) is 5.92 Å². The molecule has 2 aromatic carbocycles. The van der Waals surface area contributed by atoms with Crippen molar-refractivity contribution in [2.45, 2.75) is 25.7 Å². The van der Waals surface area contributed by atoms with Gasteiger partial charge in [-0.3, -0.25) is 4.99 Å². The number of nitrogens with one attached hydrogen (secondary N) is 2. The molecule has 1 aliphatic rings. The van der Waals surface area contributed by atoms with Gasteiger partial charge in [-0.15, -0.1) is 24.0 Å². The summed E-state index contributed by atoms with van der Waals surface area (Å²) in [7, 11) is 4.04. The smallest absolute Gasteiger partial charge is 0.190 e. The molecule has 1 fully saturated rings. The highest BCUT2D eigenvalue weighted by Crippen LogP contribution is 2.20. The lowest BCUT2D eigenvalue weighted by Crippen LogP contribution is -2.39. The monoisotopic (exact) mass is 510 g/mol. The number of fused-ring (bicyclic) bond motifs is 1. The van der Waals surface area contributed by atoms with E-state index in [-0.39, 0.29) is 24.0 Å². The molecule has 2 N–H and O–H groups in total. The fraction of sp³-hybridized carbons (Fsp3) is 0.522. The van der Waals surface area contributed by atoms with Crippen LogP contribution >= 0.6 is 24.0 Å². The van der Waals surface area contributed by atoms with Gasteiger partial charge in [0.1, 0.15) is 5.75 Å². The number of ether oxygens (including phenoxy) is 1. The van der Waals surface area contributed by atoms with Gasteiger partial charge in [0.05, 0.1) is 6.61 Å². The van der Waals surface area contributed by atoms with E-state index in [4.69, 9.17) is 4.74 Å². The van der Waals surface area contributed by atoms with Gasteiger partial charge in [0.15, 0.2) is 5.96 Å². The van der Waals surface area contributed by atoms with E-state index in [9.17, 15) is 0 Å². The first kappa shape index (κ1) is 23.7. The summed E-state index contributed by atoms with van der Waals surface area (Å²) in [6, 6.07) is 14.6. The highest BCUT2D eigenvalue weighted by atomic mass is 127. The summed E-state index contributed by atoms with van der Waals surface area (Å²) in [6.07, 6.45) is 4.79. The number of benzene rings is 2. The van der Waals surface area contributed by atoms with Gasteiger partial charge in [-0.25, -0.2) is 0 Å². The second-order valence-corrected chi connectivity index (χ2v) is 7.67. The lowest BCUT2D eigenvalue weighted by molar-refractivity contribution is 0.213. The lowest BCUT2D eigenvalue weighted by atomic mass is 9.94. The quantitative estimate of drug-likeness (QED) is 0.243. The van der Waals surface area contributed by atoms with Gasteiger partial charge < -0.3 is 20.3 Å². The van der Waals surface area contributed by atoms with Crippen molar-refractivity contribution in [3.8, 4) is 5.75 Å². The fourth-order valence-electron chi connectivity index (χ4n) is 3.69. The van der Waals surface area contributed by atoms with Crippen LogP contribution in [0.2, 0.25) is 0 Å². The van der Waals surface area contributed by atoms with Crippen molar-refractivity contribution in [2.24, 2.45) is 10.9 Å². The van der Waals surface area contributed by atoms with Gasteiger partial charge in [0.2, 0.25) is 0 Å². The van der Waals surface area contributed by atoms with E-state index >= 15 is 0 Å². The molecule has 0 radical (unpaired) electrons. The van der Waals surface area contributed by atoms with Gasteiger partial charge in [0, 0.05) is 20.1 Å². The number of rotatable bonds is 8. The van der Waals surface area contributed by atoms with Crippen LogP contribution in [0.25, 0.3) is 10.8 Å². The average molecular weight is 510 g/mol. The van der Waals surface area contributed by atoms with E-state index < -0.39 is 0 Å². The maximum absolute atomic E-state index is 5.89. The molecule has 0 unspecified atom stereocenters. The van der Waals surface area contributed by atoms with E-state index in [2.05, 4.69) is 64.0 Å². The Morgan fingerprint density at radius 1 is 1.07 bits per heavy atom. The van der Waals surface area contributed by atoms with E-state index in [1.807, 2.05) is 13.1 Å². The number of piperidine rings is 1. The van der Waals surface area contributed by atoms with Crippen LogP contribution in [0.15, 0.2) is 47.5 Å². The van der Waals surface area contributed by atoms with Crippen LogP contribution in [0.1, 0.15) is 25.7 Å². The average Bonchev–Trinajstić information content (AvgIpc) is 2.73. The summed E-state index contributed by atoms with van der Waals surface area (Å²) >= 11 is 0. The van der Waals surface area contributed by atoms with Crippen molar-refractivity contribution < 1.29 is 4.74 Å². The van der Waals surface area contributed by atoms with Crippen molar-refractivity contribution in [1.82, 2.24) is 15.5 Å². The zero-order chi connectivity index (χ0) is 19.6. The highest BCUT2D eigenvalue weighted by Gasteiger charge is 2.16. The molecular formula is C23H35IN4O. The zero-order valence-electron chi connectivity index (χ0n) is 17.7. The van der Waals surface area contributed by atoms with Crippen molar-refractivity contribution in [3.63, 3.8) is 0 Å². The molecule has 3 rings (SSSR count). The largest absolute Gasteiger partial charge is 0.494 e. The topological polar surface area (TPSA) is 48.9 Å². The molecule has 0 aromatic heterocycles. The van der Waals surface area contributed by atoms with Gasteiger partial charge in [-0.05, 0) is 74.6 Å². The van der Waals surface area contributed by atoms with Gasteiger partial charge in [-0.1, -0.05) is 30.3 Å². The van der Waals surface area contributed by atoms with E-state index in [0.717, 1.165) is 37.1 Å². The number of halogens is 1. The summed E-state index contributed by atoms with van der Waals surface area (Å²) in [6.45, 7) is 4.99. The number of guanidine groups is 1. The van der Waals surface area contributed by atoms with Crippen LogP contribution in [0.5, 0.6) is 5.75 Å². The molecule has 0 saturated carbocycles. The lowest BCUT2D eigenvalue weighted by Gasteiger charge is -2.29. The summed E-state index contributed by atoms with van der Waals surface area (Å²) < 4.78 is 5.89. The van der Waals surface area contributed by atoms with Crippen LogP contribution in [0.3, 0.4) is 0 Å². The Balaban J connectivity index is 0.00000300. The maximum Gasteiger partial charge on any atom is 0.190 e. The molecule has 6 heteroatoms. The minimum Gasteiger partial charge on any atom is -0.494 e. The van der Waals surface area contributed by atoms with Gasteiger partial charge >= 0.3 is 0 Å². The molecular weight excluding hydrogens is 475 g/mol. The summed E-state index contributed by atoms with van der Waals surface area (Å²) in [5, 5.41) is 9.28. The molecule has 0 amide bonds. The molecule has 0 bridgehead atoms. The summed E-state index contributed by atoms with van der Waals surface area (Å²) in [5.41, 5.74) is 0. The summed E-state index contributed by atoms with van der Waals surface area (Å²) in [4.78, 5) is 6.74. The first-order chi connectivity index (χ1) is 13.7. The summed E-state index contributed by atoms with van der Waals surface area (Å²) in [5.74, 6) is 2.66. The highest BCUT2D eigenvalue weighted by molar-refractivity contribution is 14.0. The first-order valence-electron chi connectivity index (χ1n) is 10.5. The third kappa shape index (κ3) is 8.01. The molecule has 160 valence electrons. The molecule has 0 spiro atoms. The fourth-order valence-corrected chi connectivity index (χ4v) is 3.69. The van der Waals surface area contributed by atoms with Crippen molar-refractivity contribution in [1.29, 1.82) is 0 Å². The second-order valence-electron chi connectivity index (χ2n) is 7.67. The Bertz CT molecular complexity index is 759. The van der Waals surface area contributed by atoms with Crippen molar-refractivity contribution >= 4 is 40.7 Å². The molecule has 1 saturated heterocycles. The Labute approximate surface area is 192 Å². The molecule has 1 heterocycles. The van der Waals surface area contributed by atoms with Crippen molar-refractivity contribution in [3.05, 3.63) is 42.5 Å². The minimum absolute atomic E-state index is 0. The number of hydrogen-bond donors (Lipinski definition) is 2. The Kier molecular flexibility index (Phi) is 10.6. The predicted molar refractivity (Wildman–Crippen MR) is 134 cm³/mol. The second kappa shape index (κ2) is 12.9. The normalized spacial score (nSPS) is 15.7. The third-order valence-electron chi connectivity index (χ3n) is 5.51. The number of likely N-dealkylation sites (tertiary alicyclic amines) is 1. The molecule has 0 aliphatic carbocycles. The molecule has 0 atom stereocenters. The van der Waals surface area contributed by atoms with E-state index in [0.29, 0.717) is 6.61 Å². The van der Waals surface area contributed by atoms with Gasteiger partial charge in [-0.2, -0.15) is 0 Å². The standard InChI is InChI=1S/C23H34N4O.HI/c1-24-23(26-14-10-19-11-15-27(2)16-12-19)25-13-5-17-28-22-9-8-20-6-3-4-7-21(20)18-22;/h3-4,6-9,18-19H,5,10-17H2,1-2H3,(H2,24,25,26);1H. The maximum atomic E-state index is 5.89. The Morgan fingerprint density at radius 2 is 1.79 bits per heavy atom. The first-order valence-corrected chi connectivity index (χ1v) is 10.5. The number of aliphatic imine (C=N–C) groups is 1. The Hall–Kier alpha value is -1.54. The molecule has 29 heavy (non-hydrogen) atoms. The van der Waals surface area contributed by atoms with Crippen molar-refractivity contribution in [2.75, 3.05) is 46.9 Å². The van der Waals surface area contributed by atoms with Gasteiger partial charge in [0.25, 0.3) is 0 Å².